The fourth-order valence-electron chi connectivity index (χ4n) is 2.63. The molecule has 0 radical (unpaired) electrons. The first-order valence-corrected chi connectivity index (χ1v) is 9.63. The minimum Gasteiger partial charge on any atom is -0.493 e. The maximum Gasteiger partial charge on any atom is 0.161 e. The van der Waals surface area contributed by atoms with E-state index in [9.17, 15) is 5.11 Å². The molecule has 1 unspecified atom stereocenters. The van der Waals surface area contributed by atoms with Gasteiger partial charge in [0.25, 0.3) is 0 Å². The molecule has 1 aromatic carbocycles. The van der Waals surface area contributed by atoms with E-state index in [0.717, 1.165) is 24.2 Å². The van der Waals surface area contributed by atoms with Crippen molar-refractivity contribution in [1.29, 1.82) is 0 Å². The van der Waals surface area contributed by atoms with Gasteiger partial charge in [0.05, 0.1) is 12.8 Å². The highest BCUT2D eigenvalue weighted by molar-refractivity contribution is 5.43. The molecule has 0 aliphatic carbocycles. The van der Waals surface area contributed by atoms with E-state index in [1.54, 1.807) is 25.7 Å². The van der Waals surface area contributed by atoms with Gasteiger partial charge in [0.15, 0.2) is 11.5 Å². The molecule has 2 N–H and O–H groups in total. The summed E-state index contributed by atoms with van der Waals surface area (Å²) in [4.78, 5) is 10.4. The summed E-state index contributed by atoms with van der Waals surface area (Å²) >= 11 is 0. The van der Waals surface area contributed by atoms with E-state index in [-0.39, 0.29) is 6.61 Å². The van der Waals surface area contributed by atoms with Gasteiger partial charge in [0.2, 0.25) is 0 Å². The van der Waals surface area contributed by atoms with Crippen LogP contribution in [0.2, 0.25) is 0 Å². The Morgan fingerprint density at radius 2 is 2.04 bits per heavy atom. The second-order valence-electron chi connectivity index (χ2n) is 7.11. The van der Waals surface area contributed by atoms with Crippen LogP contribution >= 0.6 is 0 Å². The topological polar surface area (TPSA) is 79.7 Å². The highest BCUT2D eigenvalue weighted by Gasteiger charge is 2.13. The van der Waals surface area contributed by atoms with Gasteiger partial charge in [-0.25, -0.2) is 0 Å². The van der Waals surface area contributed by atoms with Crippen LogP contribution in [0.3, 0.4) is 0 Å². The van der Waals surface area contributed by atoms with Crippen molar-refractivity contribution in [3.8, 4) is 11.5 Å². The monoisotopic (exact) mass is 388 g/mol. The van der Waals surface area contributed by atoms with Crippen LogP contribution in [0.5, 0.6) is 11.5 Å². The first kappa shape index (κ1) is 22.1. The highest BCUT2D eigenvalue weighted by Crippen LogP contribution is 2.28. The minimum atomic E-state index is -0.564. The average Bonchev–Trinajstić information content (AvgIpc) is 2.70. The smallest absolute Gasteiger partial charge is 0.161 e. The molecule has 2 rings (SSSR count). The summed E-state index contributed by atoms with van der Waals surface area (Å²) in [6.07, 6.45) is 5.42. The number of hydrogen-bond donors (Lipinski definition) is 2. The standard InChI is InChI=1S/C21H32N4O3/c1-16(2)25(3)14-19(26)15-28-21-11-17(5-6-20(21)27-4)12-22-8-7-18-13-23-9-10-24-18/h5-6,9-11,13,16,19,22,26H,7-8,12,14-15H2,1-4H3. The Hall–Kier alpha value is -2.22. The number of nitrogens with one attached hydrogen (secondary N) is 1. The number of nitrogens with zero attached hydrogens (tertiary/aromatic N) is 3. The van der Waals surface area contributed by atoms with Crippen molar-refractivity contribution < 1.29 is 14.6 Å². The zero-order valence-electron chi connectivity index (χ0n) is 17.3. The summed E-state index contributed by atoms with van der Waals surface area (Å²) in [7, 11) is 3.60. The number of aliphatic hydroxyl groups is 1. The Kier molecular flexibility index (Phi) is 9.13. The summed E-state index contributed by atoms with van der Waals surface area (Å²) in [5.74, 6) is 1.30. The van der Waals surface area contributed by atoms with Crippen LogP contribution in [-0.4, -0.2) is 66.0 Å². The van der Waals surface area contributed by atoms with Crippen LogP contribution in [0.25, 0.3) is 0 Å². The van der Waals surface area contributed by atoms with Crippen molar-refractivity contribution in [2.45, 2.75) is 39.0 Å². The quantitative estimate of drug-likeness (QED) is 0.538. The van der Waals surface area contributed by atoms with Gasteiger partial charge in [-0.1, -0.05) is 6.07 Å². The Morgan fingerprint density at radius 3 is 2.71 bits per heavy atom. The molecule has 0 fully saturated rings. The summed E-state index contributed by atoms with van der Waals surface area (Å²) in [6, 6.07) is 6.22. The molecule has 7 heteroatoms. The van der Waals surface area contributed by atoms with E-state index in [0.29, 0.717) is 30.6 Å². The Bertz CT molecular complexity index is 697. The summed E-state index contributed by atoms with van der Waals surface area (Å²) in [5, 5.41) is 13.6. The molecular weight excluding hydrogens is 356 g/mol. The Morgan fingerprint density at radius 1 is 1.21 bits per heavy atom. The third kappa shape index (κ3) is 7.42. The second-order valence-corrected chi connectivity index (χ2v) is 7.11. The lowest BCUT2D eigenvalue weighted by Gasteiger charge is -2.24. The first-order valence-electron chi connectivity index (χ1n) is 9.63. The molecule has 154 valence electrons. The fourth-order valence-corrected chi connectivity index (χ4v) is 2.63. The van der Waals surface area contributed by atoms with Crippen LogP contribution in [0.4, 0.5) is 0 Å². The molecule has 1 heterocycles. The predicted octanol–water partition coefficient (Wildman–Crippen LogP) is 1.90. The molecule has 1 atom stereocenters. The number of methoxy groups -OCH3 is 1. The Labute approximate surface area is 167 Å². The largest absolute Gasteiger partial charge is 0.493 e. The van der Waals surface area contributed by atoms with Crippen LogP contribution in [0, 0.1) is 0 Å². The lowest BCUT2D eigenvalue weighted by atomic mass is 10.2. The fraction of sp³-hybridized carbons (Fsp3) is 0.524. The molecule has 2 aromatic rings. The van der Waals surface area contributed by atoms with E-state index < -0.39 is 6.10 Å². The number of benzene rings is 1. The molecule has 28 heavy (non-hydrogen) atoms. The van der Waals surface area contributed by atoms with Crippen LogP contribution in [0.15, 0.2) is 36.8 Å². The first-order chi connectivity index (χ1) is 13.5. The van der Waals surface area contributed by atoms with Crippen molar-refractivity contribution in [3.63, 3.8) is 0 Å². The molecule has 0 aliphatic rings. The summed E-state index contributed by atoms with van der Waals surface area (Å²) in [5.41, 5.74) is 2.05. The van der Waals surface area contributed by atoms with Gasteiger partial charge in [0, 0.05) is 50.7 Å². The average molecular weight is 389 g/mol. The number of rotatable bonds is 12. The zero-order chi connectivity index (χ0) is 20.4. The van der Waals surface area contributed by atoms with Gasteiger partial charge in [-0.3, -0.25) is 9.97 Å². The van der Waals surface area contributed by atoms with E-state index in [4.69, 9.17) is 9.47 Å². The van der Waals surface area contributed by atoms with Gasteiger partial charge in [0.1, 0.15) is 12.7 Å². The number of aromatic nitrogens is 2. The number of aliphatic hydroxyl groups excluding tert-OH is 1. The van der Waals surface area contributed by atoms with Gasteiger partial charge in [-0.05, 0) is 38.6 Å². The number of ether oxygens (including phenoxy) is 2. The second kappa shape index (κ2) is 11.6. The molecule has 0 spiro atoms. The van der Waals surface area contributed by atoms with Crippen molar-refractivity contribution in [3.05, 3.63) is 48.0 Å². The number of likely N-dealkylation sites (N-methyl/N-ethyl adjacent to an activating group) is 1. The van der Waals surface area contributed by atoms with Crippen LogP contribution < -0.4 is 14.8 Å². The molecule has 1 aromatic heterocycles. The maximum atomic E-state index is 10.2. The molecule has 7 nitrogen and oxygen atoms in total. The SMILES string of the molecule is COc1ccc(CNCCc2cnccn2)cc1OCC(O)CN(C)C(C)C. The Balaban J connectivity index is 1.84. The highest BCUT2D eigenvalue weighted by atomic mass is 16.5. The maximum absolute atomic E-state index is 10.2. The van der Waals surface area contributed by atoms with E-state index >= 15 is 0 Å². The lowest BCUT2D eigenvalue weighted by Crippen LogP contribution is -2.37. The van der Waals surface area contributed by atoms with Gasteiger partial charge in [-0.15, -0.1) is 0 Å². The predicted molar refractivity (Wildman–Crippen MR) is 110 cm³/mol. The summed E-state index contributed by atoms with van der Waals surface area (Å²) < 4.78 is 11.2. The molecule has 0 amide bonds. The van der Waals surface area contributed by atoms with E-state index in [1.165, 1.54) is 0 Å². The van der Waals surface area contributed by atoms with E-state index in [2.05, 4.69) is 34.0 Å². The van der Waals surface area contributed by atoms with E-state index in [1.807, 2.05) is 25.2 Å². The van der Waals surface area contributed by atoms with Crippen molar-refractivity contribution >= 4 is 0 Å². The third-order valence-electron chi connectivity index (χ3n) is 4.54. The van der Waals surface area contributed by atoms with Crippen LogP contribution in [-0.2, 0) is 13.0 Å². The molecule has 0 aliphatic heterocycles. The van der Waals surface area contributed by atoms with Crippen molar-refractivity contribution in [2.75, 3.05) is 33.9 Å². The van der Waals surface area contributed by atoms with Crippen molar-refractivity contribution in [1.82, 2.24) is 20.2 Å². The molecule has 0 saturated heterocycles. The minimum absolute atomic E-state index is 0.219. The van der Waals surface area contributed by atoms with Gasteiger partial charge in [-0.2, -0.15) is 0 Å². The van der Waals surface area contributed by atoms with Gasteiger partial charge >= 0.3 is 0 Å². The van der Waals surface area contributed by atoms with Crippen molar-refractivity contribution in [2.24, 2.45) is 0 Å². The molecule has 0 bridgehead atoms. The molecule has 0 saturated carbocycles. The van der Waals surface area contributed by atoms with Gasteiger partial charge < -0.3 is 24.8 Å². The summed E-state index contributed by atoms with van der Waals surface area (Å²) in [6.45, 7) is 6.48. The third-order valence-corrected chi connectivity index (χ3v) is 4.54. The zero-order valence-corrected chi connectivity index (χ0v) is 17.3. The van der Waals surface area contributed by atoms with Crippen LogP contribution in [0.1, 0.15) is 25.1 Å². The molecular formula is C21H32N4O3. The number of hydrogen-bond acceptors (Lipinski definition) is 7. The lowest BCUT2D eigenvalue weighted by molar-refractivity contribution is 0.0668. The normalized spacial score (nSPS) is 12.4.